The van der Waals surface area contributed by atoms with Crippen LogP contribution >= 0.6 is 0 Å². The van der Waals surface area contributed by atoms with Crippen LogP contribution in [0.3, 0.4) is 0 Å². The maximum atomic E-state index is 5.25. The summed E-state index contributed by atoms with van der Waals surface area (Å²) >= 11 is 0. The Balaban J connectivity index is 2.92. The van der Waals surface area contributed by atoms with E-state index >= 15 is 0 Å². The van der Waals surface area contributed by atoms with Gasteiger partial charge in [-0.05, 0) is 5.92 Å². The first-order chi connectivity index (χ1) is 6.24. The van der Waals surface area contributed by atoms with E-state index in [9.17, 15) is 0 Å². The minimum atomic E-state index is 0.349. The molecule has 0 amide bonds. The Morgan fingerprint density at radius 3 is 2.85 bits per heavy atom. The van der Waals surface area contributed by atoms with Crippen molar-refractivity contribution in [2.24, 2.45) is 5.73 Å². The second-order valence-corrected chi connectivity index (χ2v) is 2.66. The van der Waals surface area contributed by atoms with E-state index < -0.39 is 0 Å². The molecule has 1 aromatic rings. The summed E-state index contributed by atoms with van der Waals surface area (Å²) in [6, 6.07) is 1.82. The van der Waals surface area contributed by atoms with Crippen LogP contribution < -0.4 is 10.6 Å². The van der Waals surface area contributed by atoms with Crippen LogP contribution in [-0.4, -0.2) is 30.6 Å². The molecule has 1 rings (SSSR count). The van der Waals surface area contributed by atoms with Crippen LogP contribution in [0.4, 0.5) is 5.82 Å². The fraction of sp³-hybridized carbons (Fsp3) is 0.333. The Kier molecular flexibility index (Phi) is 3.23. The molecule has 0 spiro atoms. The monoisotopic (exact) mass is 176 g/mol. The van der Waals surface area contributed by atoms with E-state index in [1.165, 1.54) is 6.33 Å². The van der Waals surface area contributed by atoms with E-state index in [4.69, 9.17) is 5.73 Å². The van der Waals surface area contributed by atoms with E-state index in [1.807, 2.05) is 25.1 Å². The van der Waals surface area contributed by atoms with Crippen LogP contribution in [0.1, 0.15) is 5.69 Å². The summed E-state index contributed by atoms with van der Waals surface area (Å²) in [6.45, 7) is 0.349. The molecule has 4 nitrogen and oxygen atoms in total. The average Bonchev–Trinajstić information content (AvgIpc) is 2.15. The third-order valence-electron chi connectivity index (χ3n) is 1.43. The van der Waals surface area contributed by atoms with Crippen molar-refractivity contribution in [1.29, 1.82) is 0 Å². The normalized spacial score (nSPS) is 8.85. The molecule has 0 saturated carbocycles. The summed E-state index contributed by atoms with van der Waals surface area (Å²) in [5.74, 6) is 6.43. The first-order valence-corrected chi connectivity index (χ1v) is 3.92. The quantitative estimate of drug-likeness (QED) is 0.605. The molecular weight excluding hydrogens is 164 g/mol. The molecule has 0 fully saturated rings. The van der Waals surface area contributed by atoms with E-state index in [1.54, 1.807) is 0 Å². The summed E-state index contributed by atoms with van der Waals surface area (Å²) in [6.07, 6.45) is 1.50. The molecule has 1 aromatic heterocycles. The van der Waals surface area contributed by atoms with Gasteiger partial charge in [0.2, 0.25) is 0 Å². The van der Waals surface area contributed by atoms with Gasteiger partial charge < -0.3 is 10.6 Å². The predicted octanol–water partition coefficient (Wildman–Crippen LogP) is -0.147. The molecule has 0 aliphatic rings. The Morgan fingerprint density at radius 1 is 1.46 bits per heavy atom. The smallest absolute Gasteiger partial charge is 0.132 e. The second-order valence-electron chi connectivity index (χ2n) is 2.66. The molecule has 0 saturated heterocycles. The fourth-order valence-electron chi connectivity index (χ4n) is 0.802. The third kappa shape index (κ3) is 2.73. The Hall–Kier alpha value is -1.60. The topological polar surface area (TPSA) is 55.0 Å². The lowest BCUT2D eigenvalue weighted by Crippen LogP contribution is -2.10. The van der Waals surface area contributed by atoms with Crippen LogP contribution in [0.2, 0.25) is 0 Å². The molecule has 2 N–H and O–H groups in total. The first kappa shape index (κ1) is 9.49. The Bertz CT molecular complexity index is 335. The van der Waals surface area contributed by atoms with Gasteiger partial charge in [-0.25, -0.2) is 9.97 Å². The average molecular weight is 176 g/mol. The maximum absolute atomic E-state index is 5.25. The first-order valence-electron chi connectivity index (χ1n) is 3.92. The molecule has 0 radical (unpaired) electrons. The summed E-state index contributed by atoms with van der Waals surface area (Å²) in [7, 11) is 3.84. The van der Waals surface area contributed by atoms with Gasteiger partial charge in [-0.15, -0.1) is 0 Å². The van der Waals surface area contributed by atoms with Crippen LogP contribution in [-0.2, 0) is 0 Å². The van der Waals surface area contributed by atoms with Crippen molar-refractivity contribution in [3.05, 3.63) is 18.1 Å². The van der Waals surface area contributed by atoms with E-state index in [0.29, 0.717) is 12.2 Å². The number of aromatic nitrogens is 2. The predicted molar refractivity (Wildman–Crippen MR) is 52.3 cm³/mol. The van der Waals surface area contributed by atoms with Crippen molar-refractivity contribution in [2.45, 2.75) is 0 Å². The zero-order chi connectivity index (χ0) is 9.68. The van der Waals surface area contributed by atoms with Crippen molar-refractivity contribution < 1.29 is 0 Å². The van der Waals surface area contributed by atoms with E-state index in [0.717, 1.165) is 5.82 Å². The zero-order valence-electron chi connectivity index (χ0n) is 7.78. The molecule has 1 heterocycles. The largest absolute Gasteiger partial charge is 0.363 e. The molecule has 13 heavy (non-hydrogen) atoms. The minimum absolute atomic E-state index is 0.349. The van der Waals surface area contributed by atoms with Crippen LogP contribution in [0, 0.1) is 11.8 Å². The second kappa shape index (κ2) is 4.43. The maximum Gasteiger partial charge on any atom is 0.132 e. The molecule has 0 unspecified atom stereocenters. The molecule has 0 aromatic carbocycles. The third-order valence-corrected chi connectivity index (χ3v) is 1.43. The van der Waals surface area contributed by atoms with E-state index in [2.05, 4.69) is 21.8 Å². The number of rotatable bonds is 1. The van der Waals surface area contributed by atoms with Gasteiger partial charge in [-0.2, -0.15) is 0 Å². The van der Waals surface area contributed by atoms with Gasteiger partial charge in [0.25, 0.3) is 0 Å². The van der Waals surface area contributed by atoms with Gasteiger partial charge >= 0.3 is 0 Å². The SMILES string of the molecule is CN(C)c1cc(C#CCN)ncn1. The molecule has 0 aliphatic carbocycles. The lowest BCUT2D eigenvalue weighted by atomic mass is 10.4. The molecule has 0 bridgehead atoms. The van der Waals surface area contributed by atoms with Gasteiger partial charge in [0.15, 0.2) is 0 Å². The molecule has 68 valence electrons. The summed E-state index contributed by atoms with van der Waals surface area (Å²) in [4.78, 5) is 9.95. The lowest BCUT2D eigenvalue weighted by molar-refractivity contribution is 1.03. The molecule has 0 aliphatic heterocycles. The number of nitrogens with zero attached hydrogens (tertiary/aromatic N) is 3. The molecule has 0 atom stereocenters. The highest BCUT2D eigenvalue weighted by Gasteiger charge is 1.96. The van der Waals surface area contributed by atoms with E-state index in [-0.39, 0.29) is 0 Å². The van der Waals surface area contributed by atoms with Crippen LogP contribution in [0.5, 0.6) is 0 Å². The van der Waals surface area contributed by atoms with Crippen molar-refractivity contribution in [3.63, 3.8) is 0 Å². The molecule has 4 heteroatoms. The van der Waals surface area contributed by atoms with Gasteiger partial charge in [-0.1, -0.05) is 5.92 Å². The summed E-state index contributed by atoms with van der Waals surface area (Å²) < 4.78 is 0. The highest BCUT2D eigenvalue weighted by molar-refractivity contribution is 5.41. The highest BCUT2D eigenvalue weighted by Crippen LogP contribution is 2.05. The van der Waals surface area contributed by atoms with Crippen molar-refractivity contribution >= 4 is 5.82 Å². The number of hydrogen-bond donors (Lipinski definition) is 1. The molecular formula is C9H12N4. The van der Waals surface area contributed by atoms with Crippen molar-refractivity contribution in [3.8, 4) is 11.8 Å². The number of hydrogen-bond acceptors (Lipinski definition) is 4. The number of nitrogens with two attached hydrogens (primary N) is 1. The lowest BCUT2D eigenvalue weighted by Gasteiger charge is -2.09. The minimum Gasteiger partial charge on any atom is -0.363 e. The Morgan fingerprint density at radius 2 is 2.23 bits per heavy atom. The fourth-order valence-corrected chi connectivity index (χ4v) is 0.802. The van der Waals surface area contributed by atoms with Crippen LogP contribution in [0.15, 0.2) is 12.4 Å². The van der Waals surface area contributed by atoms with Crippen LogP contribution in [0.25, 0.3) is 0 Å². The van der Waals surface area contributed by atoms with Crippen molar-refractivity contribution in [2.75, 3.05) is 25.5 Å². The Labute approximate surface area is 77.8 Å². The van der Waals surface area contributed by atoms with Crippen molar-refractivity contribution in [1.82, 2.24) is 9.97 Å². The summed E-state index contributed by atoms with van der Waals surface area (Å²) in [5, 5.41) is 0. The highest BCUT2D eigenvalue weighted by atomic mass is 15.1. The summed E-state index contributed by atoms with van der Waals surface area (Å²) in [5.41, 5.74) is 5.95. The van der Waals surface area contributed by atoms with Gasteiger partial charge in [0.05, 0.1) is 6.54 Å². The van der Waals surface area contributed by atoms with Gasteiger partial charge in [-0.3, -0.25) is 0 Å². The van der Waals surface area contributed by atoms with Gasteiger partial charge in [0.1, 0.15) is 17.8 Å². The van der Waals surface area contributed by atoms with Gasteiger partial charge in [0, 0.05) is 20.2 Å². The zero-order valence-corrected chi connectivity index (χ0v) is 7.78. The number of anilines is 1. The standard InChI is InChI=1S/C9H12N4/c1-13(2)9-6-8(4-3-5-10)11-7-12-9/h6-7H,5,10H2,1-2H3.